The highest BCUT2D eigenvalue weighted by Gasteiger charge is 2.65. The molecule has 12 heavy (non-hydrogen) atoms. The second-order valence-electron chi connectivity index (χ2n) is 5.01. The lowest BCUT2D eigenvalue weighted by atomic mass is 9.70. The third kappa shape index (κ3) is 0.598. The van der Waals surface area contributed by atoms with E-state index >= 15 is 0 Å². The lowest BCUT2D eigenvalue weighted by Crippen LogP contribution is -2.34. The fourth-order valence-corrected chi connectivity index (χ4v) is 3.04. The maximum atomic E-state index is 11.7. The summed E-state index contributed by atoms with van der Waals surface area (Å²) in [6, 6.07) is 0. The topological polar surface area (TPSA) is 37.3 Å². The molecule has 0 aromatic heterocycles. The number of fused-ring (bicyclic) bond motifs is 2. The Morgan fingerprint density at radius 2 is 2.00 bits per heavy atom. The predicted octanol–water partition coefficient (Wildman–Crippen LogP) is 1.37. The lowest BCUT2D eigenvalue weighted by molar-refractivity contribution is -0.135. The average Bonchev–Trinajstić information content (AvgIpc) is 2.26. The molecule has 0 heterocycles. The van der Waals surface area contributed by atoms with Gasteiger partial charge in [0.25, 0.3) is 0 Å². The Kier molecular flexibility index (Phi) is 1.32. The molecule has 2 fully saturated rings. The second kappa shape index (κ2) is 1.92. The summed E-state index contributed by atoms with van der Waals surface area (Å²) in [4.78, 5) is 11.7. The van der Waals surface area contributed by atoms with Gasteiger partial charge in [-0.1, -0.05) is 20.8 Å². The first-order valence-electron chi connectivity index (χ1n) is 4.63. The highest BCUT2D eigenvalue weighted by atomic mass is 16.3. The molecule has 0 aromatic carbocycles. The summed E-state index contributed by atoms with van der Waals surface area (Å²) in [6.07, 6.45) is 1.29. The number of aliphatic hydroxyl groups is 1. The van der Waals surface area contributed by atoms with Crippen molar-refractivity contribution in [3.8, 4) is 0 Å². The number of carbonyl (C=O) groups is 1. The van der Waals surface area contributed by atoms with Crippen LogP contribution in [0.5, 0.6) is 0 Å². The van der Waals surface area contributed by atoms with Crippen LogP contribution in [0.3, 0.4) is 0 Å². The molecule has 2 aliphatic rings. The Bertz CT molecular complexity index is 244. The molecule has 0 saturated heterocycles. The number of rotatable bonds is 0. The number of aliphatic hydroxyl groups excluding tert-OH is 1. The zero-order valence-electron chi connectivity index (χ0n) is 7.92. The van der Waals surface area contributed by atoms with E-state index in [1.54, 1.807) is 0 Å². The van der Waals surface area contributed by atoms with Crippen molar-refractivity contribution in [1.29, 1.82) is 0 Å². The van der Waals surface area contributed by atoms with Crippen molar-refractivity contribution in [3.63, 3.8) is 0 Å². The van der Waals surface area contributed by atoms with Gasteiger partial charge in [0.15, 0.2) is 5.78 Å². The zero-order valence-corrected chi connectivity index (χ0v) is 7.92. The van der Waals surface area contributed by atoms with Gasteiger partial charge in [-0.15, -0.1) is 0 Å². The summed E-state index contributed by atoms with van der Waals surface area (Å²) in [6.45, 7) is 6.23. The van der Waals surface area contributed by atoms with E-state index in [2.05, 4.69) is 13.8 Å². The molecular weight excluding hydrogens is 152 g/mol. The van der Waals surface area contributed by atoms with Gasteiger partial charge in [-0.05, 0) is 24.2 Å². The highest BCUT2D eigenvalue weighted by Crippen LogP contribution is 2.63. The molecule has 1 unspecified atom stereocenters. The molecule has 2 heteroatoms. The van der Waals surface area contributed by atoms with E-state index in [4.69, 9.17) is 0 Å². The SMILES string of the molecule is CC1(C)[C@H]2CC[C@]1(C)C(=O)C2O. The minimum absolute atomic E-state index is 0.00347. The molecule has 1 N–H and O–H groups in total. The summed E-state index contributed by atoms with van der Waals surface area (Å²) in [5.74, 6) is 0.277. The largest absolute Gasteiger partial charge is 0.385 e. The third-order valence-electron chi connectivity index (χ3n) is 4.50. The van der Waals surface area contributed by atoms with E-state index < -0.39 is 6.10 Å². The lowest BCUT2D eigenvalue weighted by Gasteiger charge is -2.31. The van der Waals surface area contributed by atoms with Gasteiger partial charge < -0.3 is 5.11 Å². The van der Waals surface area contributed by atoms with Crippen LogP contribution in [0.1, 0.15) is 33.6 Å². The second-order valence-corrected chi connectivity index (χ2v) is 5.01. The molecule has 68 valence electrons. The average molecular weight is 168 g/mol. The van der Waals surface area contributed by atoms with Crippen LogP contribution in [0.25, 0.3) is 0 Å². The molecule has 0 aromatic rings. The first-order chi connectivity index (χ1) is 5.41. The number of Topliss-reactive ketones (excluding diaryl/α,β-unsaturated/α-hetero) is 1. The van der Waals surface area contributed by atoms with Crippen LogP contribution in [0.4, 0.5) is 0 Å². The van der Waals surface area contributed by atoms with E-state index in [0.717, 1.165) is 12.8 Å². The van der Waals surface area contributed by atoms with E-state index in [0.29, 0.717) is 0 Å². The van der Waals surface area contributed by atoms with Crippen molar-refractivity contribution in [3.05, 3.63) is 0 Å². The first kappa shape index (κ1) is 8.24. The van der Waals surface area contributed by atoms with Crippen LogP contribution < -0.4 is 0 Å². The monoisotopic (exact) mass is 168 g/mol. The molecule has 0 radical (unpaired) electrons. The molecule has 2 aliphatic carbocycles. The van der Waals surface area contributed by atoms with Crippen LogP contribution in [0.15, 0.2) is 0 Å². The van der Waals surface area contributed by atoms with Gasteiger partial charge in [-0.3, -0.25) is 4.79 Å². The zero-order chi connectivity index (χ0) is 9.15. The fourth-order valence-electron chi connectivity index (χ4n) is 3.04. The van der Waals surface area contributed by atoms with Gasteiger partial charge in [-0.2, -0.15) is 0 Å². The van der Waals surface area contributed by atoms with E-state index in [1.165, 1.54) is 0 Å². The molecule has 3 atom stereocenters. The Balaban J connectivity index is 2.50. The van der Waals surface area contributed by atoms with Gasteiger partial charge in [0.05, 0.1) is 0 Å². The first-order valence-corrected chi connectivity index (χ1v) is 4.63. The van der Waals surface area contributed by atoms with Crippen molar-refractivity contribution in [1.82, 2.24) is 0 Å². The molecule has 2 nitrogen and oxygen atoms in total. The quantitative estimate of drug-likeness (QED) is 0.593. The summed E-state index contributed by atoms with van der Waals surface area (Å²) in [5.41, 5.74) is -0.249. The maximum absolute atomic E-state index is 11.7. The maximum Gasteiger partial charge on any atom is 0.167 e. The van der Waals surface area contributed by atoms with Crippen LogP contribution in [0, 0.1) is 16.7 Å². The Morgan fingerprint density at radius 3 is 2.25 bits per heavy atom. The van der Waals surface area contributed by atoms with Crippen molar-refractivity contribution >= 4 is 5.78 Å². The van der Waals surface area contributed by atoms with Crippen molar-refractivity contribution < 1.29 is 9.90 Å². The minimum atomic E-state index is -0.682. The Hall–Kier alpha value is -0.370. The number of carbonyl (C=O) groups excluding carboxylic acids is 1. The van der Waals surface area contributed by atoms with Crippen LogP contribution in [-0.4, -0.2) is 17.0 Å². The molecule has 2 saturated carbocycles. The molecule has 0 aliphatic heterocycles. The molecule has 0 spiro atoms. The van der Waals surface area contributed by atoms with Gasteiger partial charge in [0, 0.05) is 5.41 Å². The minimum Gasteiger partial charge on any atom is -0.385 e. The molecule has 0 amide bonds. The molecule has 2 rings (SSSR count). The van der Waals surface area contributed by atoms with Crippen molar-refractivity contribution in [2.45, 2.75) is 39.7 Å². The van der Waals surface area contributed by atoms with Gasteiger partial charge >= 0.3 is 0 Å². The number of ketones is 1. The third-order valence-corrected chi connectivity index (χ3v) is 4.50. The predicted molar refractivity (Wildman–Crippen MR) is 45.6 cm³/mol. The summed E-state index contributed by atoms with van der Waals surface area (Å²) in [5, 5.41) is 9.64. The van der Waals surface area contributed by atoms with Crippen LogP contribution in [0.2, 0.25) is 0 Å². The van der Waals surface area contributed by atoms with E-state index in [-0.39, 0.29) is 22.5 Å². The van der Waals surface area contributed by atoms with Gasteiger partial charge in [0.2, 0.25) is 0 Å². The molecular formula is C10H16O2. The van der Waals surface area contributed by atoms with Gasteiger partial charge in [-0.25, -0.2) is 0 Å². The van der Waals surface area contributed by atoms with E-state index in [1.807, 2.05) is 6.92 Å². The Morgan fingerprint density at radius 1 is 1.42 bits per heavy atom. The van der Waals surface area contributed by atoms with Crippen molar-refractivity contribution in [2.24, 2.45) is 16.7 Å². The van der Waals surface area contributed by atoms with Gasteiger partial charge in [0.1, 0.15) is 6.10 Å². The van der Waals surface area contributed by atoms with Crippen LogP contribution >= 0.6 is 0 Å². The van der Waals surface area contributed by atoms with Crippen molar-refractivity contribution in [2.75, 3.05) is 0 Å². The van der Waals surface area contributed by atoms with E-state index in [9.17, 15) is 9.90 Å². The smallest absolute Gasteiger partial charge is 0.167 e. The standard InChI is InChI=1S/C10H16O2/c1-9(2)6-4-5-10(9,3)8(12)7(6)11/h6-7,11H,4-5H2,1-3H3/t6-,7?,10+/m0/s1. The summed E-state index contributed by atoms with van der Waals surface area (Å²) >= 11 is 0. The molecule has 2 bridgehead atoms. The van der Waals surface area contributed by atoms with Crippen LogP contribution in [-0.2, 0) is 4.79 Å². The number of hydrogen-bond acceptors (Lipinski definition) is 2. The summed E-state index contributed by atoms with van der Waals surface area (Å²) < 4.78 is 0. The summed E-state index contributed by atoms with van der Waals surface area (Å²) in [7, 11) is 0. The fraction of sp³-hybridized carbons (Fsp3) is 0.900. The highest BCUT2D eigenvalue weighted by molar-refractivity contribution is 5.93. The normalized spacial score (nSPS) is 50.2. The Labute approximate surface area is 73.0 Å². The number of hydrogen-bond donors (Lipinski definition) is 1.